The quantitative estimate of drug-likeness (QED) is 0.714. The number of nitrogens with zero attached hydrogens (tertiary/aromatic N) is 1. The summed E-state index contributed by atoms with van der Waals surface area (Å²) in [6.07, 6.45) is 1.09. The van der Waals surface area contributed by atoms with Crippen LogP contribution in [0.15, 0.2) is 0 Å². The lowest BCUT2D eigenvalue weighted by molar-refractivity contribution is -0.138. The van der Waals surface area contributed by atoms with E-state index < -0.39 is 5.97 Å². The summed E-state index contributed by atoms with van der Waals surface area (Å²) in [6, 6.07) is 0. The van der Waals surface area contributed by atoms with E-state index in [1.54, 1.807) is 0 Å². The maximum atomic E-state index is 11.6. The first-order valence-electron chi connectivity index (χ1n) is 6.18. The number of amides is 1. The summed E-state index contributed by atoms with van der Waals surface area (Å²) in [5.41, 5.74) is 0. The van der Waals surface area contributed by atoms with Gasteiger partial charge >= 0.3 is 5.97 Å². The Balaban J connectivity index is 2.20. The number of rotatable bonds is 6. The Morgan fingerprint density at radius 3 is 2.76 bits per heavy atom. The molecule has 1 fully saturated rings. The van der Waals surface area contributed by atoms with Gasteiger partial charge in [-0.3, -0.25) is 14.5 Å². The van der Waals surface area contributed by atoms with Crippen LogP contribution in [0.25, 0.3) is 0 Å². The number of likely N-dealkylation sites (tertiary alicyclic amines) is 1. The largest absolute Gasteiger partial charge is 0.481 e. The standard InChI is InChI=1S/C12H22N2O3/c1-9(2)6-13-11(15)8-14-4-3-10(7-14)5-12(16)17/h9-10H,3-8H2,1-2H3,(H,13,15)(H,16,17). The average molecular weight is 242 g/mol. The number of carboxylic acid groups (broad SMARTS) is 1. The molecule has 1 atom stereocenters. The molecule has 1 aliphatic heterocycles. The zero-order valence-electron chi connectivity index (χ0n) is 10.6. The smallest absolute Gasteiger partial charge is 0.303 e. The number of carbonyl (C=O) groups is 2. The lowest BCUT2D eigenvalue weighted by Gasteiger charge is -2.15. The average Bonchev–Trinajstić information content (AvgIpc) is 2.61. The van der Waals surface area contributed by atoms with Crippen LogP contribution in [0.3, 0.4) is 0 Å². The zero-order valence-corrected chi connectivity index (χ0v) is 10.6. The van der Waals surface area contributed by atoms with Crippen LogP contribution in [-0.4, -0.2) is 48.1 Å². The summed E-state index contributed by atoms with van der Waals surface area (Å²) in [4.78, 5) is 24.2. The van der Waals surface area contributed by atoms with Crippen molar-refractivity contribution in [2.45, 2.75) is 26.7 Å². The molecule has 1 saturated heterocycles. The van der Waals surface area contributed by atoms with E-state index in [0.29, 0.717) is 19.0 Å². The first-order valence-corrected chi connectivity index (χ1v) is 6.18. The van der Waals surface area contributed by atoms with Crippen molar-refractivity contribution < 1.29 is 14.7 Å². The van der Waals surface area contributed by atoms with Crippen molar-refractivity contribution in [3.05, 3.63) is 0 Å². The first-order chi connectivity index (χ1) is 7.97. The third-order valence-electron chi connectivity index (χ3n) is 2.91. The Hall–Kier alpha value is -1.10. The predicted octanol–water partition coefficient (Wildman–Crippen LogP) is 0.555. The Bertz CT molecular complexity index is 279. The number of aliphatic carboxylic acids is 1. The molecular formula is C12H22N2O3. The molecule has 0 saturated carbocycles. The minimum absolute atomic E-state index is 0.0367. The van der Waals surface area contributed by atoms with Crippen LogP contribution >= 0.6 is 0 Å². The molecule has 1 unspecified atom stereocenters. The van der Waals surface area contributed by atoms with Crippen molar-refractivity contribution in [3.8, 4) is 0 Å². The monoisotopic (exact) mass is 242 g/mol. The highest BCUT2D eigenvalue weighted by Gasteiger charge is 2.25. The molecule has 5 heteroatoms. The molecule has 1 amide bonds. The fourth-order valence-electron chi connectivity index (χ4n) is 2.05. The van der Waals surface area contributed by atoms with E-state index in [0.717, 1.165) is 19.5 Å². The molecule has 17 heavy (non-hydrogen) atoms. The van der Waals surface area contributed by atoms with Crippen LogP contribution in [0.5, 0.6) is 0 Å². The van der Waals surface area contributed by atoms with Gasteiger partial charge in [0.1, 0.15) is 0 Å². The Labute approximate surface area is 102 Å². The Kier molecular flexibility index (Phi) is 5.41. The Morgan fingerprint density at radius 1 is 1.47 bits per heavy atom. The van der Waals surface area contributed by atoms with Crippen molar-refractivity contribution in [1.29, 1.82) is 0 Å². The molecule has 5 nitrogen and oxygen atoms in total. The number of nitrogens with one attached hydrogen (secondary N) is 1. The van der Waals surface area contributed by atoms with Gasteiger partial charge in [-0.2, -0.15) is 0 Å². The second kappa shape index (κ2) is 6.59. The molecular weight excluding hydrogens is 220 g/mol. The van der Waals surface area contributed by atoms with Crippen molar-refractivity contribution in [1.82, 2.24) is 10.2 Å². The van der Waals surface area contributed by atoms with Gasteiger partial charge in [0.15, 0.2) is 0 Å². The highest BCUT2D eigenvalue weighted by Crippen LogP contribution is 2.18. The van der Waals surface area contributed by atoms with E-state index in [9.17, 15) is 9.59 Å². The molecule has 0 aliphatic carbocycles. The maximum Gasteiger partial charge on any atom is 0.303 e. The van der Waals surface area contributed by atoms with E-state index in [-0.39, 0.29) is 18.2 Å². The lowest BCUT2D eigenvalue weighted by atomic mass is 10.1. The normalized spacial score (nSPS) is 20.8. The number of carboxylic acids is 1. The molecule has 98 valence electrons. The third kappa shape index (κ3) is 5.68. The number of hydrogen-bond donors (Lipinski definition) is 2. The van der Waals surface area contributed by atoms with Gasteiger partial charge in [-0.15, -0.1) is 0 Å². The van der Waals surface area contributed by atoms with Gasteiger partial charge in [-0.05, 0) is 24.8 Å². The third-order valence-corrected chi connectivity index (χ3v) is 2.91. The molecule has 1 aliphatic rings. The van der Waals surface area contributed by atoms with Crippen molar-refractivity contribution in [2.24, 2.45) is 11.8 Å². The number of hydrogen-bond acceptors (Lipinski definition) is 3. The molecule has 0 aromatic heterocycles. The lowest BCUT2D eigenvalue weighted by Crippen LogP contribution is -2.37. The molecule has 0 aromatic rings. The topological polar surface area (TPSA) is 69.6 Å². The highest BCUT2D eigenvalue weighted by molar-refractivity contribution is 5.78. The van der Waals surface area contributed by atoms with Gasteiger partial charge < -0.3 is 10.4 Å². The summed E-state index contributed by atoms with van der Waals surface area (Å²) in [7, 11) is 0. The second-order valence-electron chi connectivity index (χ2n) is 5.19. The molecule has 1 rings (SSSR count). The van der Waals surface area contributed by atoms with E-state index >= 15 is 0 Å². The molecule has 0 radical (unpaired) electrons. The summed E-state index contributed by atoms with van der Waals surface area (Å²) in [5, 5.41) is 11.6. The van der Waals surface area contributed by atoms with Gasteiger partial charge in [0.2, 0.25) is 5.91 Å². The van der Waals surface area contributed by atoms with Crippen LogP contribution in [0.4, 0.5) is 0 Å². The molecule has 2 N–H and O–H groups in total. The SMILES string of the molecule is CC(C)CNC(=O)CN1CCC(CC(=O)O)C1. The highest BCUT2D eigenvalue weighted by atomic mass is 16.4. The van der Waals surface area contributed by atoms with Crippen LogP contribution in [0.1, 0.15) is 26.7 Å². The molecule has 1 heterocycles. The van der Waals surface area contributed by atoms with Crippen LogP contribution in [0.2, 0.25) is 0 Å². The van der Waals surface area contributed by atoms with Gasteiger partial charge in [0.25, 0.3) is 0 Å². The van der Waals surface area contributed by atoms with Gasteiger partial charge in [0.05, 0.1) is 6.54 Å². The van der Waals surface area contributed by atoms with Crippen LogP contribution < -0.4 is 5.32 Å². The predicted molar refractivity (Wildman–Crippen MR) is 64.6 cm³/mol. The summed E-state index contributed by atoms with van der Waals surface area (Å²) in [6.45, 7) is 6.75. The number of carbonyl (C=O) groups excluding carboxylic acids is 1. The van der Waals surface area contributed by atoms with E-state index in [2.05, 4.69) is 19.2 Å². The maximum absolute atomic E-state index is 11.6. The summed E-state index contributed by atoms with van der Waals surface area (Å²) >= 11 is 0. The minimum Gasteiger partial charge on any atom is -0.481 e. The van der Waals surface area contributed by atoms with Gasteiger partial charge in [-0.1, -0.05) is 13.8 Å². The van der Waals surface area contributed by atoms with Crippen LogP contribution in [0, 0.1) is 11.8 Å². The Morgan fingerprint density at radius 2 is 2.18 bits per heavy atom. The summed E-state index contributed by atoms with van der Waals surface area (Å²) in [5.74, 6) is -0.0570. The van der Waals surface area contributed by atoms with E-state index in [4.69, 9.17) is 5.11 Å². The fourth-order valence-corrected chi connectivity index (χ4v) is 2.05. The van der Waals surface area contributed by atoms with Crippen LogP contribution in [-0.2, 0) is 9.59 Å². The van der Waals surface area contributed by atoms with Crippen molar-refractivity contribution >= 4 is 11.9 Å². The van der Waals surface area contributed by atoms with Gasteiger partial charge in [0, 0.05) is 19.5 Å². The van der Waals surface area contributed by atoms with E-state index in [1.165, 1.54) is 0 Å². The first kappa shape index (κ1) is 14.0. The van der Waals surface area contributed by atoms with E-state index in [1.807, 2.05) is 4.90 Å². The zero-order chi connectivity index (χ0) is 12.8. The molecule has 0 aromatic carbocycles. The molecule has 0 bridgehead atoms. The van der Waals surface area contributed by atoms with Crippen molar-refractivity contribution in [3.63, 3.8) is 0 Å². The molecule has 0 spiro atoms. The van der Waals surface area contributed by atoms with Crippen molar-refractivity contribution in [2.75, 3.05) is 26.2 Å². The summed E-state index contributed by atoms with van der Waals surface area (Å²) < 4.78 is 0. The van der Waals surface area contributed by atoms with Gasteiger partial charge in [-0.25, -0.2) is 0 Å². The fraction of sp³-hybridized carbons (Fsp3) is 0.833. The second-order valence-corrected chi connectivity index (χ2v) is 5.19. The minimum atomic E-state index is -0.749.